The molecule has 2 aromatic carbocycles. The highest BCUT2D eigenvalue weighted by atomic mass is 16.6. The van der Waals surface area contributed by atoms with Crippen molar-refractivity contribution in [3.8, 4) is 0 Å². The van der Waals surface area contributed by atoms with Gasteiger partial charge in [0, 0.05) is 26.1 Å². The number of benzene rings is 2. The van der Waals surface area contributed by atoms with E-state index in [9.17, 15) is 9.59 Å². The summed E-state index contributed by atoms with van der Waals surface area (Å²) >= 11 is 0. The molecule has 35 heavy (non-hydrogen) atoms. The van der Waals surface area contributed by atoms with Gasteiger partial charge in [0.2, 0.25) is 0 Å². The fraction of sp³-hybridized carbons (Fsp3) is 0.481. The van der Waals surface area contributed by atoms with Crippen molar-refractivity contribution < 1.29 is 19.1 Å². The van der Waals surface area contributed by atoms with Crippen LogP contribution in [0.1, 0.15) is 67.9 Å². The summed E-state index contributed by atoms with van der Waals surface area (Å²) in [5.74, 6) is -0.427. The third-order valence-corrected chi connectivity index (χ3v) is 6.46. The fourth-order valence-electron chi connectivity index (χ4n) is 4.85. The van der Waals surface area contributed by atoms with E-state index in [-0.39, 0.29) is 24.4 Å². The van der Waals surface area contributed by atoms with Crippen LogP contribution in [-0.2, 0) is 34.3 Å². The Labute approximate surface area is 206 Å². The van der Waals surface area contributed by atoms with Gasteiger partial charge in [0.05, 0.1) is 18.5 Å². The quantitative estimate of drug-likeness (QED) is 0.496. The normalized spacial score (nSPS) is 14.5. The fourth-order valence-corrected chi connectivity index (χ4v) is 4.85. The Balaban J connectivity index is 1.73. The summed E-state index contributed by atoms with van der Waals surface area (Å²) in [4.78, 5) is 27.1. The molecule has 0 radical (unpaired) electrons. The monoisotopic (exact) mass is 478 g/mol. The third-order valence-electron chi connectivity index (χ3n) is 6.46. The van der Waals surface area contributed by atoms with Crippen molar-refractivity contribution in [3.63, 3.8) is 0 Å². The first-order chi connectivity index (χ1) is 16.6. The number of esters is 1. The van der Waals surface area contributed by atoms with Gasteiger partial charge in [-0.2, -0.15) is 0 Å². The van der Waals surface area contributed by atoms with Crippen LogP contribution in [0.15, 0.2) is 30.3 Å². The molecule has 1 aliphatic rings. The van der Waals surface area contributed by atoms with Crippen molar-refractivity contribution in [2.75, 3.05) is 13.2 Å². The molecule has 4 rings (SSSR count). The number of hydrogen-bond donors (Lipinski definition) is 0. The van der Waals surface area contributed by atoms with Gasteiger partial charge in [0.15, 0.2) is 0 Å². The predicted molar refractivity (Wildman–Crippen MR) is 133 cm³/mol. The SMILES string of the molecule is CCOC(=O)CC(c1cccc2c1CCN(C(=O)OC(C)(C)C)C2)c1ccc2c(nnn2C)c1C. The first-order valence-electron chi connectivity index (χ1n) is 12.1. The van der Waals surface area contributed by atoms with Crippen LogP contribution in [0.25, 0.3) is 11.0 Å². The number of fused-ring (bicyclic) bond motifs is 2. The van der Waals surface area contributed by atoms with E-state index in [2.05, 4.69) is 28.5 Å². The lowest BCUT2D eigenvalue weighted by Gasteiger charge is -2.33. The summed E-state index contributed by atoms with van der Waals surface area (Å²) in [6.07, 6.45) is 0.615. The van der Waals surface area contributed by atoms with Crippen LogP contribution in [0, 0.1) is 6.92 Å². The van der Waals surface area contributed by atoms with E-state index >= 15 is 0 Å². The van der Waals surface area contributed by atoms with Crippen LogP contribution in [-0.4, -0.2) is 50.7 Å². The molecule has 8 heteroatoms. The maximum Gasteiger partial charge on any atom is 0.410 e. The van der Waals surface area contributed by atoms with Crippen LogP contribution in [0.5, 0.6) is 0 Å². The number of aryl methyl sites for hydroxylation is 2. The van der Waals surface area contributed by atoms with E-state index < -0.39 is 5.60 Å². The molecule has 0 fully saturated rings. The summed E-state index contributed by atoms with van der Waals surface area (Å²) in [5, 5.41) is 8.52. The molecule has 1 atom stereocenters. The molecule has 1 aliphatic heterocycles. The molecule has 1 aromatic heterocycles. The van der Waals surface area contributed by atoms with Crippen molar-refractivity contribution in [2.45, 2.75) is 65.5 Å². The number of carbonyl (C=O) groups excluding carboxylic acids is 2. The molecule has 1 amide bonds. The minimum atomic E-state index is -0.541. The van der Waals surface area contributed by atoms with Crippen LogP contribution in [0.4, 0.5) is 4.79 Å². The number of rotatable bonds is 5. The van der Waals surface area contributed by atoms with Crippen LogP contribution in [0.2, 0.25) is 0 Å². The Hall–Kier alpha value is -3.42. The summed E-state index contributed by atoms with van der Waals surface area (Å²) in [5.41, 5.74) is 6.63. The number of hydrogen-bond acceptors (Lipinski definition) is 6. The Kier molecular flexibility index (Phi) is 6.83. The van der Waals surface area contributed by atoms with E-state index in [1.54, 1.807) is 9.58 Å². The summed E-state index contributed by atoms with van der Waals surface area (Å²) in [7, 11) is 1.87. The van der Waals surface area contributed by atoms with Crippen molar-refractivity contribution in [2.24, 2.45) is 7.05 Å². The zero-order chi connectivity index (χ0) is 25.3. The molecule has 0 saturated heterocycles. The number of nitrogens with zero attached hydrogens (tertiary/aromatic N) is 4. The first kappa shape index (κ1) is 24.7. The van der Waals surface area contributed by atoms with Gasteiger partial charge in [-0.1, -0.05) is 29.5 Å². The largest absolute Gasteiger partial charge is 0.466 e. The van der Waals surface area contributed by atoms with E-state index in [4.69, 9.17) is 9.47 Å². The maximum absolute atomic E-state index is 12.7. The van der Waals surface area contributed by atoms with Crippen molar-refractivity contribution in [3.05, 3.63) is 58.1 Å². The maximum atomic E-state index is 12.7. The highest BCUT2D eigenvalue weighted by Crippen LogP contribution is 2.37. The second-order valence-electron chi connectivity index (χ2n) is 10.1. The van der Waals surface area contributed by atoms with E-state index in [0.717, 1.165) is 33.3 Å². The van der Waals surface area contributed by atoms with Crippen LogP contribution < -0.4 is 0 Å². The van der Waals surface area contributed by atoms with Crippen LogP contribution >= 0.6 is 0 Å². The van der Waals surface area contributed by atoms with Gasteiger partial charge >= 0.3 is 12.1 Å². The lowest BCUT2D eigenvalue weighted by molar-refractivity contribution is -0.143. The van der Waals surface area contributed by atoms with E-state index in [0.29, 0.717) is 26.1 Å². The van der Waals surface area contributed by atoms with Gasteiger partial charge in [0.25, 0.3) is 0 Å². The lowest BCUT2D eigenvalue weighted by Crippen LogP contribution is -2.40. The molecule has 0 spiro atoms. The van der Waals surface area contributed by atoms with Crippen molar-refractivity contribution in [1.29, 1.82) is 0 Å². The molecule has 0 bridgehead atoms. The second kappa shape index (κ2) is 9.68. The van der Waals surface area contributed by atoms with Crippen molar-refractivity contribution >= 4 is 23.1 Å². The molecule has 0 aliphatic carbocycles. The Morgan fingerprint density at radius 1 is 1.14 bits per heavy atom. The Morgan fingerprint density at radius 3 is 2.63 bits per heavy atom. The highest BCUT2D eigenvalue weighted by molar-refractivity contribution is 5.80. The molecular weight excluding hydrogens is 444 g/mol. The minimum absolute atomic E-state index is 0.191. The molecular formula is C27H34N4O4. The van der Waals surface area contributed by atoms with Crippen molar-refractivity contribution in [1.82, 2.24) is 19.9 Å². The van der Waals surface area contributed by atoms with E-state index in [1.165, 1.54) is 5.56 Å². The van der Waals surface area contributed by atoms with Gasteiger partial charge in [-0.25, -0.2) is 9.48 Å². The minimum Gasteiger partial charge on any atom is -0.466 e. The molecule has 8 nitrogen and oxygen atoms in total. The molecule has 0 saturated carbocycles. The summed E-state index contributed by atoms with van der Waals surface area (Å²) < 4.78 is 12.7. The number of carbonyl (C=O) groups is 2. The molecule has 0 N–H and O–H groups in total. The number of amides is 1. The summed E-state index contributed by atoms with van der Waals surface area (Å²) in [6, 6.07) is 10.2. The smallest absolute Gasteiger partial charge is 0.410 e. The Morgan fingerprint density at radius 2 is 1.91 bits per heavy atom. The topological polar surface area (TPSA) is 86.6 Å². The Bertz CT molecular complexity index is 1260. The molecule has 1 unspecified atom stereocenters. The van der Waals surface area contributed by atoms with Gasteiger partial charge in [-0.3, -0.25) is 4.79 Å². The zero-order valence-corrected chi connectivity index (χ0v) is 21.4. The number of ether oxygens (including phenoxy) is 2. The van der Waals surface area contributed by atoms with E-state index in [1.807, 2.05) is 53.8 Å². The standard InChI is InChI=1S/C27H34N4O4/c1-7-34-24(32)15-22(19-11-12-23-25(17(19)2)28-29-30(23)6)21-10-8-9-18-16-31(14-13-20(18)21)26(33)35-27(3,4)5/h8-12,22H,7,13-16H2,1-6H3. The first-order valence-corrected chi connectivity index (χ1v) is 12.1. The highest BCUT2D eigenvalue weighted by Gasteiger charge is 2.30. The summed E-state index contributed by atoms with van der Waals surface area (Å²) in [6.45, 7) is 10.8. The van der Waals surface area contributed by atoms with Gasteiger partial charge in [-0.05, 0) is 74.9 Å². The zero-order valence-electron chi connectivity index (χ0n) is 21.4. The average Bonchev–Trinajstić information content (AvgIpc) is 3.18. The van der Waals surface area contributed by atoms with Gasteiger partial charge in [-0.15, -0.1) is 5.10 Å². The van der Waals surface area contributed by atoms with Crippen LogP contribution in [0.3, 0.4) is 0 Å². The number of aromatic nitrogens is 3. The average molecular weight is 479 g/mol. The lowest BCUT2D eigenvalue weighted by atomic mass is 9.80. The van der Waals surface area contributed by atoms with Gasteiger partial charge in [0.1, 0.15) is 11.1 Å². The second-order valence-corrected chi connectivity index (χ2v) is 10.1. The third kappa shape index (κ3) is 5.16. The predicted octanol–water partition coefficient (Wildman–Crippen LogP) is 4.66. The van der Waals surface area contributed by atoms with Gasteiger partial charge < -0.3 is 14.4 Å². The molecule has 186 valence electrons. The molecule has 3 aromatic rings. The molecule has 2 heterocycles.